The Hall–Kier alpha value is -0.490. The molecule has 0 heterocycles. The third-order valence-electron chi connectivity index (χ3n) is 4.77. The molecule has 0 fully saturated rings. The fourth-order valence-electron chi connectivity index (χ4n) is 1.97. The van der Waals surface area contributed by atoms with Crippen molar-refractivity contribution < 1.29 is 19.0 Å². The van der Waals surface area contributed by atoms with E-state index in [1.165, 1.54) is 0 Å². The Labute approximate surface area is 155 Å². The van der Waals surface area contributed by atoms with Crippen LogP contribution in [0, 0.1) is 5.41 Å². The Morgan fingerprint density at radius 1 is 0.880 bits per heavy atom. The molecule has 0 saturated carbocycles. The summed E-state index contributed by atoms with van der Waals surface area (Å²) >= 11 is 0. The number of rotatable bonds is 15. The lowest BCUT2D eigenvalue weighted by Crippen LogP contribution is -2.35. The van der Waals surface area contributed by atoms with Gasteiger partial charge in [-0.05, 0) is 54.0 Å². The van der Waals surface area contributed by atoms with Crippen molar-refractivity contribution in [3.63, 3.8) is 0 Å². The van der Waals surface area contributed by atoms with Crippen LogP contribution >= 0.6 is 0 Å². The maximum atomic E-state index is 12.2. The minimum atomic E-state index is -0.376. The second-order valence-electron chi connectivity index (χ2n) is 8.53. The van der Waals surface area contributed by atoms with E-state index in [0.717, 1.165) is 32.4 Å². The Bertz CT molecular complexity index is 378. The summed E-state index contributed by atoms with van der Waals surface area (Å²) in [6, 6.07) is 0. The van der Waals surface area contributed by atoms with E-state index < -0.39 is 0 Å². The van der Waals surface area contributed by atoms with Gasteiger partial charge in [0.15, 0.2) is 5.78 Å². The van der Waals surface area contributed by atoms with Gasteiger partial charge in [-0.3, -0.25) is 4.79 Å². The molecular formula is C20H41NO4. The summed E-state index contributed by atoms with van der Waals surface area (Å²) in [5.74, 6) is 0.156. The molecule has 5 heteroatoms. The summed E-state index contributed by atoms with van der Waals surface area (Å²) in [6.07, 6.45) is 2.42. The van der Waals surface area contributed by atoms with Gasteiger partial charge in [0.2, 0.25) is 0 Å². The van der Waals surface area contributed by atoms with E-state index in [2.05, 4.69) is 19.2 Å². The third kappa shape index (κ3) is 11.7. The summed E-state index contributed by atoms with van der Waals surface area (Å²) in [5.41, 5.74) is -0.920. The van der Waals surface area contributed by atoms with Gasteiger partial charge >= 0.3 is 0 Å². The second kappa shape index (κ2) is 11.3. The van der Waals surface area contributed by atoms with E-state index in [1.807, 2.05) is 41.7 Å². The maximum Gasteiger partial charge on any atom is 0.164 e. The fourth-order valence-corrected chi connectivity index (χ4v) is 1.97. The van der Waals surface area contributed by atoms with E-state index in [1.54, 1.807) is 0 Å². The van der Waals surface area contributed by atoms with Gasteiger partial charge in [0.25, 0.3) is 0 Å². The first kappa shape index (κ1) is 24.5. The minimum absolute atomic E-state index is 0.156. The van der Waals surface area contributed by atoms with Crippen molar-refractivity contribution in [2.24, 2.45) is 5.41 Å². The van der Waals surface area contributed by atoms with Crippen molar-refractivity contribution in [2.45, 2.75) is 78.9 Å². The van der Waals surface area contributed by atoms with Gasteiger partial charge in [-0.1, -0.05) is 20.8 Å². The van der Waals surface area contributed by atoms with Gasteiger partial charge in [-0.2, -0.15) is 0 Å². The van der Waals surface area contributed by atoms with Gasteiger partial charge in [-0.15, -0.1) is 0 Å². The highest BCUT2D eigenvalue weighted by molar-refractivity contribution is 5.85. The van der Waals surface area contributed by atoms with Crippen LogP contribution in [0.1, 0.15) is 67.7 Å². The normalized spacial score (nSPS) is 13.3. The Balaban J connectivity index is 4.09. The van der Waals surface area contributed by atoms with Crippen molar-refractivity contribution >= 4 is 5.78 Å². The first-order valence-electron chi connectivity index (χ1n) is 9.49. The average molecular weight is 360 g/mol. The Morgan fingerprint density at radius 2 is 1.44 bits per heavy atom. The summed E-state index contributed by atoms with van der Waals surface area (Å²) in [7, 11) is 1.91. The van der Waals surface area contributed by atoms with Crippen molar-refractivity contribution in [1.82, 2.24) is 5.32 Å². The molecule has 0 amide bonds. The zero-order valence-electron chi connectivity index (χ0n) is 17.8. The molecule has 0 unspecified atom stereocenters. The van der Waals surface area contributed by atoms with Crippen LogP contribution in [-0.4, -0.2) is 57.0 Å². The highest BCUT2D eigenvalue weighted by atomic mass is 16.5. The molecule has 150 valence electrons. The van der Waals surface area contributed by atoms with E-state index >= 15 is 0 Å². The molecule has 0 aliphatic carbocycles. The van der Waals surface area contributed by atoms with Crippen LogP contribution in [-0.2, 0) is 19.0 Å². The lowest BCUT2D eigenvalue weighted by molar-refractivity contribution is -0.140. The number of Topliss-reactive ketones (excluding diaryl/α,β-unsaturated/α-hetero) is 1. The molecule has 0 aromatic rings. The van der Waals surface area contributed by atoms with Gasteiger partial charge in [0.1, 0.15) is 6.61 Å². The van der Waals surface area contributed by atoms with Crippen molar-refractivity contribution in [3.05, 3.63) is 0 Å². The molecular weight excluding hydrogens is 318 g/mol. The molecule has 0 saturated heterocycles. The van der Waals surface area contributed by atoms with Gasteiger partial charge in [-0.25, -0.2) is 0 Å². The van der Waals surface area contributed by atoms with Gasteiger partial charge < -0.3 is 19.5 Å². The monoisotopic (exact) mass is 359 g/mol. The predicted octanol–water partition coefficient (Wildman–Crippen LogP) is 3.60. The SMILES string of the molecule is CCC(C)(C)C(=O)COC(C)(C)CCOC(C)(C)CCOCCNC. The number of ketones is 1. The number of carbonyl (C=O) groups is 1. The number of likely N-dealkylation sites (N-methyl/N-ethyl adjacent to an activating group) is 1. The number of ether oxygens (including phenoxy) is 3. The molecule has 0 aliphatic heterocycles. The molecule has 0 bridgehead atoms. The van der Waals surface area contributed by atoms with Crippen LogP contribution in [0.15, 0.2) is 0 Å². The van der Waals surface area contributed by atoms with Crippen LogP contribution in [0.25, 0.3) is 0 Å². The van der Waals surface area contributed by atoms with E-state index in [9.17, 15) is 4.79 Å². The maximum absolute atomic E-state index is 12.2. The van der Waals surface area contributed by atoms with E-state index in [0.29, 0.717) is 13.2 Å². The highest BCUT2D eigenvalue weighted by Gasteiger charge is 2.28. The van der Waals surface area contributed by atoms with E-state index in [-0.39, 0.29) is 29.0 Å². The van der Waals surface area contributed by atoms with Crippen LogP contribution in [0.4, 0.5) is 0 Å². The molecule has 0 rings (SSSR count). The second-order valence-corrected chi connectivity index (χ2v) is 8.53. The Kier molecular flexibility index (Phi) is 11.1. The fraction of sp³-hybridized carbons (Fsp3) is 0.950. The average Bonchev–Trinajstić information content (AvgIpc) is 2.51. The molecule has 5 nitrogen and oxygen atoms in total. The molecule has 0 spiro atoms. The van der Waals surface area contributed by atoms with Crippen molar-refractivity contribution in [2.75, 3.05) is 40.0 Å². The van der Waals surface area contributed by atoms with Crippen LogP contribution in [0.5, 0.6) is 0 Å². The number of carbonyl (C=O) groups excluding carboxylic acids is 1. The predicted molar refractivity (Wildman–Crippen MR) is 103 cm³/mol. The lowest BCUT2D eigenvalue weighted by Gasteiger charge is -2.30. The number of nitrogens with one attached hydrogen (secondary N) is 1. The van der Waals surface area contributed by atoms with Crippen molar-refractivity contribution in [1.29, 1.82) is 0 Å². The van der Waals surface area contributed by atoms with Crippen LogP contribution in [0.3, 0.4) is 0 Å². The van der Waals surface area contributed by atoms with E-state index in [4.69, 9.17) is 14.2 Å². The van der Waals surface area contributed by atoms with Gasteiger partial charge in [0, 0.05) is 18.6 Å². The molecule has 1 N–H and O–H groups in total. The van der Waals surface area contributed by atoms with Gasteiger partial charge in [0.05, 0.1) is 24.4 Å². The summed E-state index contributed by atoms with van der Waals surface area (Å²) < 4.78 is 17.4. The lowest BCUT2D eigenvalue weighted by atomic mass is 9.85. The molecule has 0 atom stereocenters. The largest absolute Gasteiger partial charge is 0.380 e. The van der Waals surface area contributed by atoms with Crippen LogP contribution in [0.2, 0.25) is 0 Å². The summed E-state index contributed by atoms with van der Waals surface area (Å²) in [5, 5.41) is 3.05. The summed E-state index contributed by atoms with van der Waals surface area (Å²) in [4.78, 5) is 12.2. The molecule has 25 heavy (non-hydrogen) atoms. The molecule has 0 radical (unpaired) electrons. The zero-order chi connectivity index (χ0) is 19.6. The smallest absolute Gasteiger partial charge is 0.164 e. The standard InChI is InChI=1S/C20H41NO4/c1-9-18(2,3)17(22)16-25-20(6,7)11-14-24-19(4,5)10-13-23-15-12-21-8/h21H,9-16H2,1-8H3. The minimum Gasteiger partial charge on any atom is -0.380 e. The Morgan fingerprint density at radius 3 is 2.00 bits per heavy atom. The third-order valence-corrected chi connectivity index (χ3v) is 4.77. The molecule has 0 aromatic heterocycles. The molecule has 0 aromatic carbocycles. The van der Waals surface area contributed by atoms with Crippen LogP contribution < -0.4 is 5.32 Å². The zero-order valence-corrected chi connectivity index (χ0v) is 17.8. The highest BCUT2D eigenvalue weighted by Crippen LogP contribution is 2.24. The number of hydrogen-bond acceptors (Lipinski definition) is 5. The molecule has 0 aliphatic rings. The topological polar surface area (TPSA) is 56.8 Å². The first-order valence-corrected chi connectivity index (χ1v) is 9.49. The first-order chi connectivity index (χ1) is 11.5. The summed E-state index contributed by atoms with van der Waals surface area (Å²) in [6.45, 7) is 17.2. The quantitative estimate of drug-likeness (QED) is 0.453. The number of hydrogen-bond donors (Lipinski definition) is 1. The van der Waals surface area contributed by atoms with Crippen molar-refractivity contribution in [3.8, 4) is 0 Å².